The van der Waals surface area contributed by atoms with Gasteiger partial charge in [-0.25, -0.2) is 9.79 Å². The first-order valence-corrected chi connectivity index (χ1v) is 18.5. The minimum absolute atomic E-state index is 0.181. The van der Waals surface area contributed by atoms with E-state index in [4.69, 9.17) is 30.8 Å². The molecule has 0 fully saturated rings. The van der Waals surface area contributed by atoms with E-state index in [9.17, 15) is 9.59 Å². The van der Waals surface area contributed by atoms with Crippen molar-refractivity contribution in [2.24, 2.45) is 4.99 Å². The monoisotopic (exact) mass is 902 g/mol. The molecule has 0 N–H and O–H groups in total. The number of benzene rings is 4. The predicted octanol–water partition coefficient (Wildman–Crippen LogP) is 7.78. The van der Waals surface area contributed by atoms with Crippen molar-refractivity contribution in [3.63, 3.8) is 0 Å². The fraction of sp³-hybridized carbons (Fsp3) is 0.162. The van der Waals surface area contributed by atoms with E-state index in [2.05, 4.69) is 45.2 Å². The molecule has 1 aromatic heterocycles. The molecule has 0 bridgehead atoms. The Kier molecular flexibility index (Phi) is 11.0. The maximum atomic E-state index is 14.3. The molecule has 1 aliphatic heterocycles. The highest BCUT2D eigenvalue weighted by Gasteiger charge is 2.35. The molecule has 0 amide bonds. The number of carbonyl (C=O) groups excluding carboxylic acids is 1. The molecule has 48 heavy (non-hydrogen) atoms. The van der Waals surface area contributed by atoms with Crippen molar-refractivity contribution in [2.45, 2.75) is 26.5 Å². The third kappa shape index (κ3) is 7.26. The number of ether oxygens (including phenoxy) is 3. The van der Waals surface area contributed by atoms with E-state index in [0.717, 1.165) is 35.1 Å². The van der Waals surface area contributed by atoms with Gasteiger partial charge in [0.2, 0.25) is 0 Å². The quantitative estimate of drug-likeness (QED) is 0.106. The van der Waals surface area contributed by atoms with Crippen LogP contribution >= 0.6 is 68.1 Å². The summed E-state index contributed by atoms with van der Waals surface area (Å²) in [6, 6.07) is 27.7. The van der Waals surface area contributed by atoms with Gasteiger partial charge in [-0.3, -0.25) is 9.36 Å². The van der Waals surface area contributed by atoms with Crippen molar-refractivity contribution < 1.29 is 19.0 Å². The number of rotatable bonds is 10. The Labute approximate surface area is 313 Å². The highest BCUT2D eigenvalue weighted by molar-refractivity contribution is 14.1. The van der Waals surface area contributed by atoms with Crippen LogP contribution in [-0.2, 0) is 16.1 Å². The maximum absolute atomic E-state index is 14.3. The third-order valence-electron chi connectivity index (χ3n) is 7.53. The number of carbonyl (C=O) groups is 1. The first-order chi connectivity index (χ1) is 23.3. The Morgan fingerprint density at radius 2 is 1.62 bits per heavy atom. The number of nitrogens with zero attached hydrogens (tertiary/aromatic N) is 2. The molecule has 0 saturated carbocycles. The lowest BCUT2D eigenvalue weighted by Gasteiger charge is -2.26. The van der Waals surface area contributed by atoms with Gasteiger partial charge < -0.3 is 14.2 Å². The molecule has 0 aliphatic carbocycles. The zero-order valence-corrected chi connectivity index (χ0v) is 31.8. The highest BCUT2D eigenvalue weighted by atomic mass is 127. The number of aromatic nitrogens is 1. The summed E-state index contributed by atoms with van der Waals surface area (Å²) in [5.74, 6) is 0.920. The van der Waals surface area contributed by atoms with E-state index in [-0.39, 0.29) is 12.2 Å². The van der Waals surface area contributed by atoms with E-state index in [1.165, 1.54) is 11.3 Å². The number of hydrogen-bond donors (Lipinski definition) is 0. The minimum atomic E-state index is -0.769. The van der Waals surface area contributed by atoms with Crippen LogP contribution in [0.2, 0.25) is 5.02 Å². The molecule has 2 heterocycles. The van der Waals surface area contributed by atoms with Gasteiger partial charge in [-0.2, -0.15) is 0 Å². The van der Waals surface area contributed by atoms with E-state index < -0.39 is 12.0 Å². The van der Waals surface area contributed by atoms with Crippen molar-refractivity contribution in [3.8, 4) is 11.5 Å². The first kappa shape index (κ1) is 34.4. The summed E-state index contributed by atoms with van der Waals surface area (Å²) in [6.45, 7) is 4.72. The molecule has 0 saturated heterocycles. The lowest BCUT2D eigenvalue weighted by molar-refractivity contribution is -0.138. The van der Waals surface area contributed by atoms with E-state index in [1.54, 1.807) is 11.5 Å². The molecule has 6 rings (SSSR count). The molecule has 0 spiro atoms. The molecule has 5 aromatic rings. The second-order valence-corrected chi connectivity index (χ2v) is 14.4. The Hall–Kier alpha value is -3.46. The Morgan fingerprint density at radius 3 is 2.29 bits per heavy atom. The van der Waals surface area contributed by atoms with Crippen molar-refractivity contribution in [2.75, 3.05) is 13.2 Å². The second kappa shape index (κ2) is 15.4. The number of thiazole rings is 1. The Balaban J connectivity index is 1.48. The van der Waals surface area contributed by atoms with E-state index >= 15 is 0 Å². The van der Waals surface area contributed by atoms with Gasteiger partial charge in [0, 0.05) is 16.1 Å². The summed E-state index contributed by atoms with van der Waals surface area (Å²) >= 11 is 12.1. The van der Waals surface area contributed by atoms with Gasteiger partial charge in [-0.1, -0.05) is 83.6 Å². The minimum Gasteiger partial charge on any atom is -0.494 e. The highest BCUT2D eigenvalue weighted by Crippen LogP contribution is 2.36. The number of halogens is 3. The molecule has 7 nitrogen and oxygen atoms in total. The van der Waals surface area contributed by atoms with Crippen molar-refractivity contribution in [1.82, 2.24) is 4.57 Å². The van der Waals surface area contributed by atoms with Crippen LogP contribution < -0.4 is 24.4 Å². The third-order valence-corrected chi connectivity index (χ3v) is 10.5. The molecule has 1 atom stereocenters. The molecular weight excluding hydrogens is 874 g/mol. The van der Waals surface area contributed by atoms with Crippen LogP contribution in [0.1, 0.15) is 42.1 Å². The summed E-state index contributed by atoms with van der Waals surface area (Å²) in [5, 5.41) is 0.652. The summed E-state index contributed by atoms with van der Waals surface area (Å²) in [7, 11) is 0. The van der Waals surface area contributed by atoms with Crippen LogP contribution in [0.3, 0.4) is 0 Å². The smallest absolute Gasteiger partial charge is 0.338 e. The summed E-state index contributed by atoms with van der Waals surface area (Å²) in [4.78, 5) is 33.5. The largest absolute Gasteiger partial charge is 0.494 e. The van der Waals surface area contributed by atoms with Gasteiger partial charge in [0.1, 0.15) is 18.1 Å². The molecule has 244 valence electrons. The fourth-order valence-corrected chi connectivity index (χ4v) is 8.71. The van der Waals surface area contributed by atoms with Crippen LogP contribution in [-0.4, -0.2) is 23.8 Å². The first-order valence-electron chi connectivity index (χ1n) is 15.2. The van der Waals surface area contributed by atoms with Crippen LogP contribution in [0, 0.1) is 7.14 Å². The molecule has 4 aromatic carbocycles. The molecule has 0 unspecified atom stereocenters. The van der Waals surface area contributed by atoms with E-state index in [0.29, 0.717) is 44.6 Å². The number of esters is 1. The van der Waals surface area contributed by atoms with Gasteiger partial charge in [0.15, 0.2) is 4.80 Å². The summed E-state index contributed by atoms with van der Waals surface area (Å²) in [6.07, 6.45) is 1.86. The van der Waals surface area contributed by atoms with Gasteiger partial charge in [0.25, 0.3) is 5.56 Å². The van der Waals surface area contributed by atoms with Crippen LogP contribution in [0.5, 0.6) is 11.5 Å². The SMILES string of the molecule is CCOC(=O)C1=C(c2ccccc2)N=c2s/c(=C\c3cc(I)c(OCc4ccccc4Cl)c(I)c3)c(=O)n2[C@@H]1c1ccc(OCC)cc1. The lowest BCUT2D eigenvalue weighted by Crippen LogP contribution is -2.40. The van der Waals surface area contributed by atoms with Crippen LogP contribution in [0.4, 0.5) is 0 Å². The lowest BCUT2D eigenvalue weighted by atomic mass is 9.93. The van der Waals surface area contributed by atoms with Gasteiger partial charge >= 0.3 is 5.97 Å². The predicted molar refractivity (Wildman–Crippen MR) is 206 cm³/mol. The number of fused-ring (bicyclic) bond motifs is 1. The van der Waals surface area contributed by atoms with Crippen molar-refractivity contribution in [1.29, 1.82) is 0 Å². The average molecular weight is 903 g/mol. The van der Waals surface area contributed by atoms with Crippen molar-refractivity contribution >= 4 is 85.9 Å². The standard InChI is InChI=1S/C37H29ClI2N2O5S/c1-3-45-26-16-14-24(15-17-26)33-31(36(44)46-4-2)32(23-10-6-5-7-11-23)41-37-42(33)35(43)30(48-37)20-22-18-28(39)34(29(40)19-22)47-21-25-12-8-9-13-27(25)38/h5-20,33H,3-4,21H2,1-2H3/b30-20-/t33-/m1/s1. The Bertz CT molecular complexity index is 2170. The van der Waals surface area contributed by atoms with E-state index in [1.807, 2.05) is 104 Å². The average Bonchev–Trinajstić information content (AvgIpc) is 3.39. The normalized spacial score (nSPS) is 14.4. The maximum Gasteiger partial charge on any atom is 0.338 e. The zero-order valence-electron chi connectivity index (χ0n) is 25.9. The number of hydrogen-bond acceptors (Lipinski definition) is 7. The molecule has 1 aliphatic rings. The van der Waals surface area contributed by atoms with Crippen molar-refractivity contribution in [3.05, 3.63) is 151 Å². The molecular formula is C37H29ClI2N2O5S. The van der Waals surface area contributed by atoms with Gasteiger partial charge in [0.05, 0.1) is 42.2 Å². The van der Waals surface area contributed by atoms with Crippen LogP contribution in [0.15, 0.2) is 106 Å². The molecule has 0 radical (unpaired) electrons. The van der Waals surface area contributed by atoms with Gasteiger partial charge in [-0.05, 0) is 107 Å². The van der Waals surface area contributed by atoms with Crippen LogP contribution in [0.25, 0.3) is 11.8 Å². The summed E-state index contributed by atoms with van der Waals surface area (Å²) in [5.41, 5.74) is 3.75. The zero-order chi connectivity index (χ0) is 33.8. The van der Waals surface area contributed by atoms with Gasteiger partial charge in [-0.15, -0.1) is 0 Å². The fourth-order valence-electron chi connectivity index (χ4n) is 5.39. The second-order valence-electron chi connectivity index (χ2n) is 10.6. The summed E-state index contributed by atoms with van der Waals surface area (Å²) < 4.78 is 21.3. The topological polar surface area (TPSA) is 79.1 Å². The molecule has 11 heteroatoms. The Morgan fingerprint density at radius 1 is 0.938 bits per heavy atom.